The first-order valence-corrected chi connectivity index (χ1v) is 9.25. The minimum atomic E-state index is -0.481. The van der Waals surface area contributed by atoms with Crippen molar-refractivity contribution in [2.24, 2.45) is 0 Å². The van der Waals surface area contributed by atoms with Crippen molar-refractivity contribution >= 4 is 6.09 Å². The summed E-state index contributed by atoms with van der Waals surface area (Å²) in [6, 6.07) is 10.4. The van der Waals surface area contributed by atoms with E-state index in [0.717, 1.165) is 31.5 Å². The number of hydrogen-bond donors (Lipinski definition) is 0. The Kier molecular flexibility index (Phi) is 5.59. The second kappa shape index (κ2) is 7.89. The molecule has 1 amide bonds. The lowest BCUT2D eigenvalue weighted by atomic mass is 10.1. The predicted molar refractivity (Wildman–Crippen MR) is 97.9 cm³/mol. The van der Waals surface area contributed by atoms with Crippen LogP contribution in [0.5, 0.6) is 0 Å². The summed E-state index contributed by atoms with van der Waals surface area (Å²) in [4.78, 5) is 18.4. The molecular formula is C20H27N3O3. The Balaban J connectivity index is 1.48. The summed E-state index contributed by atoms with van der Waals surface area (Å²) in [6.45, 7) is 6.85. The van der Waals surface area contributed by atoms with Gasteiger partial charge in [-0.25, -0.2) is 4.79 Å². The number of carbonyl (C=O) groups is 1. The summed E-state index contributed by atoms with van der Waals surface area (Å²) < 4.78 is 10.9. The van der Waals surface area contributed by atoms with E-state index < -0.39 is 5.60 Å². The molecule has 140 valence electrons. The number of aromatic nitrogens is 2. The first-order chi connectivity index (χ1) is 12.4. The van der Waals surface area contributed by atoms with Crippen molar-refractivity contribution in [3.05, 3.63) is 47.6 Å². The normalized spacial score (nSPS) is 17.5. The van der Waals surface area contributed by atoms with Gasteiger partial charge in [0.15, 0.2) is 5.82 Å². The van der Waals surface area contributed by atoms with Crippen molar-refractivity contribution in [3.8, 4) is 0 Å². The number of benzene rings is 1. The molecule has 1 fully saturated rings. The molecule has 1 saturated heterocycles. The molecule has 0 spiro atoms. The van der Waals surface area contributed by atoms with Gasteiger partial charge in [0.1, 0.15) is 5.60 Å². The maximum absolute atomic E-state index is 12.2. The van der Waals surface area contributed by atoms with Gasteiger partial charge < -0.3 is 14.2 Å². The standard InChI is InChI=1S/C20H27N3O3/c1-20(2,3)25-19(24)23-13-12-16(14-23)18-21-17(22-26-18)11-7-10-15-8-5-4-6-9-15/h4-6,8-9,16H,7,10-14H2,1-3H3/t16-/m1/s1. The fourth-order valence-electron chi connectivity index (χ4n) is 3.08. The van der Waals surface area contributed by atoms with E-state index in [4.69, 9.17) is 9.26 Å². The summed E-state index contributed by atoms with van der Waals surface area (Å²) in [6.07, 6.45) is 3.33. The molecule has 0 radical (unpaired) electrons. The van der Waals surface area contributed by atoms with Gasteiger partial charge in [-0.15, -0.1) is 0 Å². The first-order valence-electron chi connectivity index (χ1n) is 9.25. The zero-order valence-electron chi connectivity index (χ0n) is 15.8. The van der Waals surface area contributed by atoms with Crippen LogP contribution in [0.3, 0.4) is 0 Å². The van der Waals surface area contributed by atoms with Crippen LogP contribution < -0.4 is 0 Å². The molecule has 1 aliphatic rings. The molecule has 0 unspecified atom stereocenters. The molecule has 3 rings (SSSR count). The van der Waals surface area contributed by atoms with Gasteiger partial charge in [0.05, 0.1) is 5.92 Å². The molecule has 0 bridgehead atoms. The Morgan fingerprint density at radius 1 is 1.27 bits per heavy atom. The van der Waals surface area contributed by atoms with E-state index >= 15 is 0 Å². The van der Waals surface area contributed by atoms with Crippen molar-refractivity contribution in [2.75, 3.05) is 13.1 Å². The Labute approximate surface area is 154 Å². The molecular weight excluding hydrogens is 330 g/mol. The van der Waals surface area contributed by atoms with Crippen LogP contribution in [0.2, 0.25) is 0 Å². The second-order valence-corrected chi connectivity index (χ2v) is 7.80. The lowest BCUT2D eigenvalue weighted by molar-refractivity contribution is 0.0291. The monoisotopic (exact) mass is 357 g/mol. The molecule has 26 heavy (non-hydrogen) atoms. The number of nitrogens with zero attached hydrogens (tertiary/aromatic N) is 3. The largest absolute Gasteiger partial charge is 0.444 e. The third kappa shape index (κ3) is 5.07. The Morgan fingerprint density at radius 3 is 2.77 bits per heavy atom. The highest BCUT2D eigenvalue weighted by Gasteiger charge is 2.33. The SMILES string of the molecule is CC(C)(C)OC(=O)N1CC[C@@H](c2nc(CCCc3ccccc3)no2)C1. The number of hydrogen-bond acceptors (Lipinski definition) is 5. The van der Waals surface area contributed by atoms with Crippen molar-refractivity contribution in [1.82, 2.24) is 15.0 Å². The zero-order chi connectivity index (χ0) is 18.6. The van der Waals surface area contributed by atoms with Gasteiger partial charge >= 0.3 is 6.09 Å². The Morgan fingerprint density at radius 2 is 2.04 bits per heavy atom. The van der Waals surface area contributed by atoms with Gasteiger partial charge in [-0.3, -0.25) is 0 Å². The topological polar surface area (TPSA) is 68.5 Å². The maximum Gasteiger partial charge on any atom is 0.410 e. The summed E-state index contributed by atoms with van der Waals surface area (Å²) in [5.41, 5.74) is 0.839. The molecule has 0 N–H and O–H groups in total. The molecule has 6 heteroatoms. The molecule has 1 aromatic heterocycles. The Hall–Kier alpha value is -2.37. The second-order valence-electron chi connectivity index (χ2n) is 7.80. The van der Waals surface area contributed by atoms with Crippen LogP contribution in [0.15, 0.2) is 34.9 Å². The number of aryl methyl sites for hydroxylation is 2. The van der Waals surface area contributed by atoms with Crippen LogP contribution in [-0.4, -0.2) is 39.8 Å². The molecule has 1 atom stereocenters. The van der Waals surface area contributed by atoms with E-state index in [9.17, 15) is 4.79 Å². The van der Waals surface area contributed by atoms with E-state index in [-0.39, 0.29) is 12.0 Å². The van der Waals surface area contributed by atoms with Crippen LogP contribution in [0.25, 0.3) is 0 Å². The molecule has 6 nitrogen and oxygen atoms in total. The molecule has 2 heterocycles. The fourth-order valence-corrected chi connectivity index (χ4v) is 3.08. The number of ether oxygens (including phenoxy) is 1. The number of rotatable bonds is 5. The van der Waals surface area contributed by atoms with E-state index in [1.165, 1.54) is 5.56 Å². The molecule has 1 aliphatic heterocycles. The van der Waals surface area contributed by atoms with Crippen molar-refractivity contribution < 1.29 is 14.1 Å². The number of likely N-dealkylation sites (tertiary alicyclic amines) is 1. The smallest absolute Gasteiger partial charge is 0.410 e. The summed E-state index contributed by atoms with van der Waals surface area (Å²) in [5.74, 6) is 1.47. The van der Waals surface area contributed by atoms with Crippen LogP contribution in [0, 0.1) is 0 Å². The van der Waals surface area contributed by atoms with Gasteiger partial charge in [0, 0.05) is 19.5 Å². The lowest BCUT2D eigenvalue weighted by Gasteiger charge is -2.24. The predicted octanol–water partition coefficient (Wildman–Crippen LogP) is 3.97. The van der Waals surface area contributed by atoms with Crippen molar-refractivity contribution in [2.45, 2.75) is 58.0 Å². The van der Waals surface area contributed by atoms with Gasteiger partial charge in [-0.1, -0.05) is 35.5 Å². The van der Waals surface area contributed by atoms with Gasteiger partial charge in [0.25, 0.3) is 0 Å². The van der Waals surface area contributed by atoms with Crippen LogP contribution >= 0.6 is 0 Å². The van der Waals surface area contributed by atoms with Crippen molar-refractivity contribution in [3.63, 3.8) is 0 Å². The molecule has 1 aromatic carbocycles. The molecule has 0 saturated carbocycles. The highest BCUT2D eigenvalue weighted by molar-refractivity contribution is 5.68. The minimum Gasteiger partial charge on any atom is -0.444 e. The van der Waals surface area contributed by atoms with E-state index in [0.29, 0.717) is 19.0 Å². The summed E-state index contributed by atoms with van der Waals surface area (Å²) in [5, 5.41) is 4.10. The third-order valence-electron chi connectivity index (χ3n) is 4.38. The van der Waals surface area contributed by atoms with Crippen LogP contribution in [-0.2, 0) is 17.6 Å². The van der Waals surface area contributed by atoms with Crippen LogP contribution in [0.4, 0.5) is 4.79 Å². The first kappa shape index (κ1) is 18.4. The average Bonchev–Trinajstić information content (AvgIpc) is 3.23. The van der Waals surface area contributed by atoms with E-state index in [1.807, 2.05) is 26.8 Å². The third-order valence-corrected chi connectivity index (χ3v) is 4.38. The van der Waals surface area contributed by atoms with Gasteiger partial charge in [-0.2, -0.15) is 4.98 Å². The van der Waals surface area contributed by atoms with E-state index in [1.54, 1.807) is 4.90 Å². The maximum atomic E-state index is 12.2. The van der Waals surface area contributed by atoms with Crippen LogP contribution in [0.1, 0.15) is 56.8 Å². The quantitative estimate of drug-likeness (QED) is 0.810. The number of amides is 1. The van der Waals surface area contributed by atoms with E-state index in [2.05, 4.69) is 34.4 Å². The Bertz CT molecular complexity index is 721. The molecule has 2 aromatic rings. The highest BCUT2D eigenvalue weighted by Crippen LogP contribution is 2.27. The fraction of sp³-hybridized carbons (Fsp3) is 0.550. The minimum absolute atomic E-state index is 0.0953. The highest BCUT2D eigenvalue weighted by atomic mass is 16.6. The lowest BCUT2D eigenvalue weighted by Crippen LogP contribution is -2.35. The van der Waals surface area contributed by atoms with Gasteiger partial charge in [-0.05, 0) is 45.6 Å². The zero-order valence-corrected chi connectivity index (χ0v) is 15.8. The average molecular weight is 357 g/mol. The summed E-state index contributed by atoms with van der Waals surface area (Å²) >= 11 is 0. The van der Waals surface area contributed by atoms with Gasteiger partial charge in [0.2, 0.25) is 5.89 Å². The van der Waals surface area contributed by atoms with Crippen molar-refractivity contribution in [1.29, 1.82) is 0 Å². The molecule has 0 aliphatic carbocycles. The summed E-state index contributed by atoms with van der Waals surface area (Å²) in [7, 11) is 0. The number of carbonyl (C=O) groups excluding carboxylic acids is 1.